The van der Waals surface area contributed by atoms with Gasteiger partial charge in [-0.3, -0.25) is 18.4 Å². The van der Waals surface area contributed by atoms with Crippen molar-refractivity contribution in [1.82, 2.24) is 14.6 Å². The summed E-state index contributed by atoms with van der Waals surface area (Å²) in [5, 5.41) is 21.8. The van der Waals surface area contributed by atoms with Crippen molar-refractivity contribution in [2.45, 2.75) is 56.1 Å². The number of aromatic nitrogens is 2. The Morgan fingerprint density at radius 1 is 1.23 bits per heavy atom. The Bertz CT molecular complexity index is 990. The molecule has 1 aliphatic rings. The number of aliphatic hydroxyl groups excluding tert-OH is 2. The van der Waals surface area contributed by atoms with Crippen LogP contribution in [0.4, 0.5) is 0 Å². The van der Waals surface area contributed by atoms with Gasteiger partial charge in [-0.2, -0.15) is 4.98 Å². The summed E-state index contributed by atoms with van der Waals surface area (Å²) in [6.45, 7) is 4.19. The zero-order valence-corrected chi connectivity index (χ0v) is 21.9. The second kappa shape index (κ2) is 12.9. The zero-order chi connectivity index (χ0) is 26.3. The van der Waals surface area contributed by atoms with Crippen molar-refractivity contribution >= 4 is 31.4 Å². The Morgan fingerprint density at radius 3 is 2.49 bits per heavy atom. The third-order valence-corrected chi connectivity index (χ3v) is 8.21. The third-order valence-electron chi connectivity index (χ3n) is 5.08. The van der Waals surface area contributed by atoms with Gasteiger partial charge in [0.2, 0.25) is 0 Å². The lowest BCUT2D eigenvalue weighted by Gasteiger charge is -2.26. The summed E-state index contributed by atoms with van der Waals surface area (Å²) < 4.78 is 34.5. The summed E-state index contributed by atoms with van der Waals surface area (Å²) in [7, 11) is -2.02. The molecule has 13 nitrogen and oxygen atoms in total. The van der Waals surface area contributed by atoms with Gasteiger partial charge in [0, 0.05) is 11.9 Å². The molecule has 2 rings (SSSR count). The number of methoxy groups -OCH3 is 2. The molecule has 0 aliphatic carbocycles. The molecule has 1 aromatic heterocycles. The summed E-state index contributed by atoms with van der Waals surface area (Å²) in [4.78, 5) is 39.8. The van der Waals surface area contributed by atoms with Crippen molar-refractivity contribution in [3.63, 3.8) is 0 Å². The summed E-state index contributed by atoms with van der Waals surface area (Å²) in [5.41, 5.74) is -0.0980. The normalized spacial score (nSPS) is 24.7. The van der Waals surface area contributed by atoms with Gasteiger partial charge in [0.15, 0.2) is 6.61 Å². The first-order chi connectivity index (χ1) is 16.4. The van der Waals surface area contributed by atoms with Gasteiger partial charge in [0.05, 0.1) is 32.2 Å². The Labute approximate surface area is 207 Å². The van der Waals surface area contributed by atoms with Gasteiger partial charge < -0.3 is 19.7 Å². The second-order valence-electron chi connectivity index (χ2n) is 8.28. The molecule has 1 unspecified atom stereocenters. The van der Waals surface area contributed by atoms with Gasteiger partial charge in [-0.1, -0.05) is 13.8 Å². The van der Waals surface area contributed by atoms with E-state index in [0.29, 0.717) is 5.69 Å². The SMILES string of the molecule is COC(=O)COP(=O)(N[C@@H](CC(C)C)C(=O)OC)OC[C@H]1S[C@@H](n2ccc(C)nc2=O)[C@@H](O)[C@@H]1O. The molecule has 1 aromatic rings. The minimum atomic E-state index is -4.31. The number of thioether (sulfide) groups is 1. The van der Waals surface area contributed by atoms with Gasteiger partial charge in [0.1, 0.15) is 17.5 Å². The largest absolute Gasteiger partial charge is 0.468 e. The van der Waals surface area contributed by atoms with E-state index >= 15 is 0 Å². The first-order valence-corrected chi connectivity index (χ1v) is 13.3. The van der Waals surface area contributed by atoms with Crippen LogP contribution >= 0.6 is 19.5 Å². The fourth-order valence-corrected chi connectivity index (χ4v) is 6.26. The highest BCUT2D eigenvalue weighted by atomic mass is 32.2. The lowest BCUT2D eigenvalue weighted by molar-refractivity contribution is -0.143. The zero-order valence-electron chi connectivity index (χ0n) is 20.2. The number of carbonyl (C=O) groups is 2. The van der Waals surface area contributed by atoms with Crippen molar-refractivity contribution in [1.29, 1.82) is 0 Å². The van der Waals surface area contributed by atoms with Crippen molar-refractivity contribution < 1.29 is 42.9 Å². The minimum Gasteiger partial charge on any atom is -0.468 e. The van der Waals surface area contributed by atoms with Crippen molar-refractivity contribution in [2.75, 3.05) is 27.4 Å². The molecular formula is C20H32N3O10PS. The first kappa shape index (κ1) is 29.4. The van der Waals surface area contributed by atoms with Crippen LogP contribution in [0.3, 0.4) is 0 Å². The van der Waals surface area contributed by atoms with Gasteiger partial charge in [-0.15, -0.1) is 11.8 Å². The molecule has 1 fully saturated rings. The van der Waals surface area contributed by atoms with Crippen LogP contribution in [0.5, 0.6) is 0 Å². The summed E-state index contributed by atoms with van der Waals surface area (Å²) in [6, 6.07) is 0.519. The molecule has 2 heterocycles. The molecule has 0 amide bonds. The minimum absolute atomic E-state index is 0.00482. The topological polar surface area (TPSA) is 176 Å². The van der Waals surface area contributed by atoms with Crippen molar-refractivity contribution in [2.24, 2.45) is 5.92 Å². The van der Waals surface area contributed by atoms with Gasteiger partial charge in [-0.05, 0) is 25.3 Å². The summed E-state index contributed by atoms with van der Waals surface area (Å²) in [5.74, 6) is -1.53. The smallest absolute Gasteiger partial charge is 0.406 e. The maximum atomic E-state index is 13.4. The van der Waals surface area contributed by atoms with E-state index in [-0.39, 0.29) is 12.3 Å². The van der Waals surface area contributed by atoms with Crippen molar-refractivity contribution in [3.8, 4) is 0 Å². The fourth-order valence-electron chi connectivity index (χ4n) is 3.27. The molecule has 0 spiro atoms. The Balaban J connectivity index is 2.19. The van der Waals surface area contributed by atoms with E-state index < -0.39 is 67.5 Å². The number of hydrogen-bond acceptors (Lipinski definition) is 12. The summed E-state index contributed by atoms with van der Waals surface area (Å²) in [6.07, 6.45) is -1.01. The molecule has 6 atom stereocenters. The van der Waals surface area contributed by atoms with Crippen LogP contribution in [0.1, 0.15) is 31.3 Å². The molecule has 1 aliphatic heterocycles. The second-order valence-corrected chi connectivity index (χ2v) is 11.4. The predicted molar refractivity (Wildman–Crippen MR) is 126 cm³/mol. The number of carbonyl (C=O) groups excluding carboxylic acids is 2. The number of nitrogens with one attached hydrogen (secondary N) is 1. The van der Waals surface area contributed by atoms with Crippen LogP contribution in [0.25, 0.3) is 0 Å². The van der Waals surface area contributed by atoms with E-state index in [1.807, 2.05) is 13.8 Å². The predicted octanol–water partition coefficient (Wildman–Crippen LogP) is 0.379. The van der Waals surface area contributed by atoms with E-state index in [0.717, 1.165) is 18.9 Å². The van der Waals surface area contributed by atoms with Crippen LogP contribution in [0.2, 0.25) is 0 Å². The molecule has 15 heteroatoms. The summed E-state index contributed by atoms with van der Waals surface area (Å²) >= 11 is 1.02. The standard InChI is InChI=1S/C20H32N3O10PS/c1-11(2)8-13(19(27)31-5)22-34(29,33-10-15(24)30-4)32-9-14-16(25)17(26)18(35-14)23-7-6-12(3)21-20(23)28/h6-7,11,13-14,16-18,25-26H,8-10H2,1-5H3,(H,22,29)/t13-,14+,16+,17-,18+,34?/m0/s1. The lowest BCUT2D eigenvalue weighted by Crippen LogP contribution is -2.39. The van der Waals surface area contributed by atoms with Crippen LogP contribution < -0.4 is 10.8 Å². The molecular weight excluding hydrogens is 505 g/mol. The molecule has 198 valence electrons. The first-order valence-electron chi connectivity index (χ1n) is 10.8. The van der Waals surface area contributed by atoms with Crippen LogP contribution in [0.15, 0.2) is 17.1 Å². The molecule has 1 saturated heterocycles. The van der Waals surface area contributed by atoms with Crippen molar-refractivity contribution in [3.05, 3.63) is 28.4 Å². The lowest BCUT2D eigenvalue weighted by atomic mass is 10.1. The molecule has 0 saturated carbocycles. The number of nitrogens with zero attached hydrogens (tertiary/aromatic N) is 2. The van der Waals surface area contributed by atoms with Crippen LogP contribution in [0, 0.1) is 12.8 Å². The monoisotopic (exact) mass is 537 g/mol. The number of aryl methyl sites for hydroxylation is 1. The third kappa shape index (κ3) is 8.10. The number of ether oxygens (including phenoxy) is 2. The Morgan fingerprint density at radius 2 is 1.91 bits per heavy atom. The average molecular weight is 538 g/mol. The molecule has 0 radical (unpaired) electrons. The van der Waals surface area contributed by atoms with E-state index in [9.17, 15) is 29.2 Å². The van der Waals surface area contributed by atoms with Crippen LogP contribution in [-0.4, -0.2) is 82.6 Å². The maximum absolute atomic E-state index is 13.4. The molecule has 3 N–H and O–H groups in total. The maximum Gasteiger partial charge on any atom is 0.406 e. The van der Waals surface area contributed by atoms with E-state index in [1.165, 1.54) is 17.9 Å². The molecule has 0 bridgehead atoms. The van der Waals surface area contributed by atoms with Gasteiger partial charge in [0.25, 0.3) is 0 Å². The fraction of sp³-hybridized carbons (Fsp3) is 0.700. The van der Waals surface area contributed by atoms with E-state index in [1.54, 1.807) is 13.0 Å². The van der Waals surface area contributed by atoms with E-state index in [2.05, 4.69) is 14.8 Å². The highest BCUT2D eigenvalue weighted by molar-refractivity contribution is 8.00. The number of rotatable bonds is 12. The average Bonchev–Trinajstić information content (AvgIpc) is 3.08. The van der Waals surface area contributed by atoms with Gasteiger partial charge >= 0.3 is 25.4 Å². The molecule has 35 heavy (non-hydrogen) atoms. The number of aliphatic hydroxyl groups is 2. The Kier molecular flexibility index (Phi) is 10.9. The quantitative estimate of drug-likeness (QED) is 0.247. The highest BCUT2D eigenvalue weighted by Crippen LogP contribution is 2.48. The van der Waals surface area contributed by atoms with Crippen LogP contribution in [-0.2, 0) is 32.7 Å². The number of esters is 2. The highest BCUT2D eigenvalue weighted by Gasteiger charge is 2.45. The molecule has 0 aromatic carbocycles. The Hall–Kier alpha value is -1.80. The number of hydrogen-bond donors (Lipinski definition) is 3. The van der Waals surface area contributed by atoms with E-state index in [4.69, 9.17) is 13.8 Å². The van der Waals surface area contributed by atoms with Gasteiger partial charge in [-0.25, -0.2) is 19.2 Å².